The highest BCUT2D eigenvalue weighted by molar-refractivity contribution is 5.46. The van der Waals surface area contributed by atoms with E-state index in [1.54, 1.807) is 30.5 Å². The summed E-state index contributed by atoms with van der Waals surface area (Å²) in [4.78, 5) is 8.44. The van der Waals surface area contributed by atoms with Gasteiger partial charge in [0.25, 0.3) is 5.89 Å². The Kier molecular flexibility index (Phi) is 3.70. The lowest BCUT2D eigenvalue weighted by Crippen LogP contribution is -1.97. The van der Waals surface area contributed by atoms with Crippen molar-refractivity contribution in [1.82, 2.24) is 15.1 Å². The molecule has 21 heavy (non-hydrogen) atoms. The van der Waals surface area contributed by atoms with E-state index in [1.165, 1.54) is 6.07 Å². The number of hydrogen-bond donors (Lipinski definition) is 1. The Morgan fingerprint density at radius 2 is 2.00 bits per heavy atom. The third-order valence-corrected chi connectivity index (χ3v) is 3.05. The van der Waals surface area contributed by atoms with Crippen molar-refractivity contribution in [1.29, 1.82) is 0 Å². The summed E-state index contributed by atoms with van der Waals surface area (Å²) in [6.07, 6.45) is 1.94. The number of nitrogens with zero attached hydrogens (tertiary/aromatic N) is 3. The zero-order valence-corrected chi connectivity index (χ0v) is 11.2. The van der Waals surface area contributed by atoms with Crippen LogP contribution in [0.25, 0.3) is 11.6 Å². The van der Waals surface area contributed by atoms with Crippen LogP contribution < -0.4 is 5.73 Å². The predicted octanol–water partition coefficient (Wildman–Crippen LogP) is 2.32. The van der Waals surface area contributed by atoms with Crippen LogP contribution in [0, 0.1) is 5.82 Å². The molecule has 0 saturated carbocycles. The minimum atomic E-state index is -0.283. The van der Waals surface area contributed by atoms with Crippen LogP contribution in [0.15, 0.2) is 47.1 Å². The molecule has 0 atom stereocenters. The number of hydrogen-bond acceptors (Lipinski definition) is 5. The fourth-order valence-corrected chi connectivity index (χ4v) is 1.91. The van der Waals surface area contributed by atoms with Gasteiger partial charge in [-0.3, -0.25) is 4.98 Å². The molecule has 0 aliphatic heterocycles. The molecule has 2 heterocycles. The molecule has 106 valence electrons. The maximum absolute atomic E-state index is 13.6. The Morgan fingerprint density at radius 1 is 1.14 bits per heavy atom. The van der Waals surface area contributed by atoms with Crippen LogP contribution in [0.1, 0.15) is 17.0 Å². The third kappa shape index (κ3) is 2.95. The van der Waals surface area contributed by atoms with Gasteiger partial charge in [-0.05, 0) is 23.3 Å². The molecular weight excluding hydrogens is 271 g/mol. The van der Waals surface area contributed by atoms with Crippen molar-refractivity contribution in [2.24, 2.45) is 5.73 Å². The Labute approximate surface area is 120 Å². The molecule has 3 aromatic rings. The predicted molar refractivity (Wildman–Crippen MR) is 74.6 cm³/mol. The van der Waals surface area contributed by atoms with Crippen molar-refractivity contribution in [2.75, 3.05) is 0 Å². The lowest BCUT2D eigenvalue weighted by Gasteiger charge is -1.98. The largest absolute Gasteiger partial charge is 0.332 e. The summed E-state index contributed by atoms with van der Waals surface area (Å²) < 4.78 is 18.7. The molecule has 0 unspecified atom stereocenters. The number of aromatic nitrogens is 3. The molecule has 6 heteroatoms. The molecule has 0 spiro atoms. The molecule has 0 saturated heterocycles. The van der Waals surface area contributed by atoms with Gasteiger partial charge in [0.2, 0.25) is 0 Å². The third-order valence-electron chi connectivity index (χ3n) is 3.05. The van der Waals surface area contributed by atoms with Crippen molar-refractivity contribution in [3.63, 3.8) is 0 Å². The van der Waals surface area contributed by atoms with Gasteiger partial charge in [0.1, 0.15) is 11.5 Å². The van der Waals surface area contributed by atoms with Crippen LogP contribution in [0.5, 0.6) is 0 Å². The molecule has 0 aliphatic rings. The van der Waals surface area contributed by atoms with Crippen molar-refractivity contribution in [3.05, 3.63) is 65.4 Å². The zero-order chi connectivity index (χ0) is 14.7. The Balaban J connectivity index is 1.81. The Bertz CT molecular complexity index is 739. The smallest absolute Gasteiger partial charge is 0.276 e. The number of pyridine rings is 1. The van der Waals surface area contributed by atoms with E-state index in [4.69, 9.17) is 10.3 Å². The summed E-state index contributed by atoms with van der Waals surface area (Å²) in [6, 6.07) is 10.1. The molecule has 0 radical (unpaired) electrons. The van der Waals surface area contributed by atoms with Gasteiger partial charge in [0.05, 0.1) is 0 Å². The molecule has 0 aliphatic carbocycles. The summed E-state index contributed by atoms with van der Waals surface area (Å²) >= 11 is 0. The zero-order valence-electron chi connectivity index (χ0n) is 11.2. The fourth-order valence-electron chi connectivity index (χ4n) is 1.91. The topological polar surface area (TPSA) is 77.8 Å². The van der Waals surface area contributed by atoms with E-state index in [1.807, 2.05) is 6.07 Å². The average Bonchev–Trinajstić information content (AvgIpc) is 2.98. The second kappa shape index (κ2) is 5.80. The van der Waals surface area contributed by atoms with Crippen LogP contribution >= 0.6 is 0 Å². The van der Waals surface area contributed by atoms with Crippen LogP contribution in [-0.4, -0.2) is 15.1 Å². The fraction of sp³-hybridized carbons (Fsp3) is 0.133. The molecule has 3 rings (SSSR count). The van der Waals surface area contributed by atoms with Crippen molar-refractivity contribution in [3.8, 4) is 11.6 Å². The summed E-state index contributed by atoms with van der Waals surface area (Å²) in [5.74, 6) is 0.444. The van der Waals surface area contributed by atoms with Gasteiger partial charge in [0.15, 0.2) is 5.82 Å². The first-order valence-corrected chi connectivity index (χ1v) is 6.47. The van der Waals surface area contributed by atoms with Crippen LogP contribution in [0.2, 0.25) is 0 Å². The van der Waals surface area contributed by atoms with Gasteiger partial charge in [-0.1, -0.05) is 29.4 Å². The van der Waals surface area contributed by atoms with Gasteiger partial charge in [-0.15, -0.1) is 0 Å². The molecular formula is C15H13FN4O. The molecule has 0 fully saturated rings. The van der Waals surface area contributed by atoms with E-state index < -0.39 is 0 Å². The lowest BCUT2D eigenvalue weighted by molar-refractivity contribution is 0.422. The number of benzene rings is 1. The number of rotatable bonds is 4. The van der Waals surface area contributed by atoms with E-state index in [0.29, 0.717) is 29.5 Å². The van der Waals surface area contributed by atoms with Crippen LogP contribution in [0.4, 0.5) is 4.39 Å². The van der Waals surface area contributed by atoms with Crippen molar-refractivity contribution in [2.45, 2.75) is 13.0 Å². The summed E-state index contributed by atoms with van der Waals surface area (Å²) in [5.41, 5.74) is 7.53. The second-order valence-corrected chi connectivity index (χ2v) is 4.54. The standard InChI is InChI=1S/C15H13FN4O/c16-12-4-2-1-3-11(12)7-14-19-15(21-20-14)13-6-5-10(8-17)9-18-13/h1-6,9H,7-8,17H2. The molecule has 1 aromatic carbocycles. The normalized spacial score (nSPS) is 10.8. The van der Waals surface area contributed by atoms with E-state index in [-0.39, 0.29) is 12.2 Å². The van der Waals surface area contributed by atoms with E-state index in [2.05, 4.69) is 15.1 Å². The maximum atomic E-state index is 13.6. The first-order valence-electron chi connectivity index (χ1n) is 6.47. The SMILES string of the molecule is NCc1ccc(-c2nc(Cc3ccccc3F)no2)nc1. The second-order valence-electron chi connectivity index (χ2n) is 4.54. The Hall–Kier alpha value is -2.60. The molecule has 2 N–H and O–H groups in total. The monoisotopic (exact) mass is 284 g/mol. The average molecular weight is 284 g/mol. The highest BCUT2D eigenvalue weighted by atomic mass is 19.1. The molecule has 0 amide bonds. The van der Waals surface area contributed by atoms with Gasteiger partial charge in [-0.25, -0.2) is 4.39 Å². The van der Waals surface area contributed by atoms with Gasteiger partial charge < -0.3 is 10.3 Å². The Morgan fingerprint density at radius 3 is 2.71 bits per heavy atom. The summed E-state index contributed by atoms with van der Waals surface area (Å²) in [6.45, 7) is 0.426. The quantitative estimate of drug-likeness (QED) is 0.795. The van der Waals surface area contributed by atoms with Crippen molar-refractivity contribution >= 4 is 0 Å². The summed E-state index contributed by atoms with van der Waals surface area (Å²) in [7, 11) is 0. The maximum Gasteiger partial charge on any atom is 0.276 e. The van der Waals surface area contributed by atoms with E-state index in [9.17, 15) is 4.39 Å². The van der Waals surface area contributed by atoms with Crippen molar-refractivity contribution < 1.29 is 8.91 Å². The van der Waals surface area contributed by atoms with Crippen LogP contribution in [0.3, 0.4) is 0 Å². The summed E-state index contributed by atoms with van der Waals surface area (Å²) in [5, 5.41) is 3.85. The van der Waals surface area contributed by atoms with Crippen LogP contribution in [-0.2, 0) is 13.0 Å². The first-order chi connectivity index (χ1) is 10.3. The van der Waals surface area contributed by atoms with Gasteiger partial charge >= 0.3 is 0 Å². The van der Waals surface area contributed by atoms with Gasteiger partial charge in [0, 0.05) is 19.2 Å². The number of halogens is 1. The van der Waals surface area contributed by atoms with E-state index >= 15 is 0 Å². The molecule has 0 bridgehead atoms. The highest BCUT2D eigenvalue weighted by Gasteiger charge is 2.12. The van der Waals surface area contributed by atoms with E-state index in [0.717, 1.165) is 5.56 Å². The first kappa shape index (κ1) is 13.4. The lowest BCUT2D eigenvalue weighted by atomic mass is 10.1. The minimum Gasteiger partial charge on any atom is -0.332 e. The van der Waals surface area contributed by atoms with Gasteiger partial charge in [-0.2, -0.15) is 4.98 Å². The highest BCUT2D eigenvalue weighted by Crippen LogP contribution is 2.17. The minimum absolute atomic E-state index is 0.275. The molecule has 2 aromatic heterocycles. The number of nitrogens with two attached hydrogens (primary N) is 1. The molecule has 5 nitrogen and oxygen atoms in total.